The molecule has 108 valence electrons. The van der Waals surface area contributed by atoms with Gasteiger partial charge in [-0.1, -0.05) is 91.0 Å². The highest BCUT2D eigenvalue weighted by Crippen LogP contribution is 2.20. The largest absolute Gasteiger partial charge is 0.276 e. The molecule has 0 aromatic heterocycles. The predicted molar refractivity (Wildman–Crippen MR) is 93.4 cm³/mol. The first-order valence-electron chi connectivity index (χ1n) is 7.58. The summed E-state index contributed by atoms with van der Waals surface area (Å²) in [5, 5.41) is 0. The fraction of sp³-hybridized carbons (Fsp3) is 0.0952. The second-order valence-electron chi connectivity index (χ2n) is 5.30. The third-order valence-corrected chi connectivity index (χ3v) is 3.70. The average molecular weight is 285 g/mol. The number of rotatable bonds is 4. The lowest BCUT2D eigenvalue weighted by Gasteiger charge is -2.12. The van der Waals surface area contributed by atoms with Crippen LogP contribution < -0.4 is 0 Å². The minimum Gasteiger partial charge on any atom is -0.276 e. The van der Waals surface area contributed by atoms with E-state index in [9.17, 15) is 0 Å². The molecule has 0 aliphatic rings. The van der Waals surface area contributed by atoms with Gasteiger partial charge in [0.1, 0.15) is 0 Å². The van der Waals surface area contributed by atoms with Crippen LogP contribution in [-0.4, -0.2) is 5.71 Å². The van der Waals surface area contributed by atoms with Crippen molar-refractivity contribution in [3.8, 4) is 0 Å². The molecule has 0 amide bonds. The van der Waals surface area contributed by atoms with Crippen LogP contribution >= 0.6 is 0 Å². The molecule has 0 saturated heterocycles. The highest BCUT2D eigenvalue weighted by atomic mass is 14.8. The van der Waals surface area contributed by atoms with E-state index in [1.54, 1.807) is 0 Å². The van der Waals surface area contributed by atoms with Gasteiger partial charge in [-0.15, -0.1) is 0 Å². The summed E-state index contributed by atoms with van der Waals surface area (Å²) >= 11 is 0. The zero-order chi connectivity index (χ0) is 15.2. The normalized spacial score (nSPS) is 11.7. The topological polar surface area (TPSA) is 12.4 Å². The van der Waals surface area contributed by atoms with Gasteiger partial charge < -0.3 is 0 Å². The number of nitrogens with zero attached hydrogens (tertiary/aromatic N) is 1. The Hall–Kier alpha value is -2.67. The zero-order valence-corrected chi connectivity index (χ0v) is 12.7. The van der Waals surface area contributed by atoms with Crippen LogP contribution in [0.4, 0.5) is 0 Å². The van der Waals surface area contributed by atoms with E-state index in [1.807, 2.05) is 18.2 Å². The van der Waals surface area contributed by atoms with Crippen molar-refractivity contribution in [3.05, 3.63) is 108 Å². The van der Waals surface area contributed by atoms with Crippen molar-refractivity contribution < 1.29 is 0 Å². The molecule has 1 nitrogen and oxygen atoms in total. The van der Waals surface area contributed by atoms with Crippen molar-refractivity contribution in [3.63, 3.8) is 0 Å². The minimum absolute atomic E-state index is 0.122. The molecule has 3 aromatic carbocycles. The summed E-state index contributed by atoms with van der Waals surface area (Å²) in [4.78, 5) is 5.00. The van der Waals surface area contributed by atoms with Crippen LogP contribution in [0, 0.1) is 0 Å². The molecule has 3 aromatic rings. The third kappa shape index (κ3) is 3.32. The predicted octanol–water partition coefficient (Wildman–Crippen LogP) is 5.29. The molecule has 0 heterocycles. The molecule has 1 unspecified atom stereocenters. The molecule has 1 atom stereocenters. The van der Waals surface area contributed by atoms with E-state index < -0.39 is 0 Å². The van der Waals surface area contributed by atoms with Gasteiger partial charge in [0.25, 0.3) is 0 Å². The lowest BCUT2D eigenvalue weighted by atomic mass is 10.0. The Labute approximate surface area is 132 Å². The Kier molecular flexibility index (Phi) is 4.45. The van der Waals surface area contributed by atoms with E-state index in [4.69, 9.17) is 4.99 Å². The van der Waals surface area contributed by atoms with E-state index in [-0.39, 0.29) is 6.04 Å². The second kappa shape index (κ2) is 6.86. The van der Waals surface area contributed by atoms with E-state index >= 15 is 0 Å². The monoisotopic (exact) mass is 285 g/mol. The lowest BCUT2D eigenvalue weighted by Crippen LogP contribution is -2.05. The smallest absolute Gasteiger partial charge is 0.0728 e. The molecule has 1 heteroatoms. The van der Waals surface area contributed by atoms with Crippen LogP contribution in [0.5, 0.6) is 0 Å². The molecule has 0 aliphatic carbocycles. The van der Waals surface area contributed by atoms with Crippen molar-refractivity contribution in [2.45, 2.75) is 13.0 Å². The summed E-state index contributed by atoms with van der Waals surface area (Å²) in [5.74, 6) is 0. The van der Waals surface area contributed by atoms with Crippen LogP contribution in [-0.2, 0) is 0 Å². The van der Waals surface area contributed by atoms with Gasteiger partial charge in [-0.05, 0) is 12.5 Å². The van der Waals surface area contributed by atoms with Crippen LogP contribution in [0.25, 0.3) is 0 Å². The molecule has 0 bridgehead atoms. The quantitative estimate of drug-likeness (QED) is 0.578. The van der Waals surface area contributed by atoms with Crippen LogP contribution in [0.2, 0.25) is 0 Å². The Morgan fingerprint density at radius 3 is 1.50 bits per heavy atom. The Balaban J connectivity index is 2.04. The molecule has 22 heavy (non-hydrogen) atoms. The van der Waals surface area contributed by atoms with Crippen LogP contribution in [0.15, 0.2) is 96.0 Å². The number of aliphatic imine (C=N–C) groups is 1. The highest BCUT2D eigenvalue weighted by Gasteiger charge is 2.09. The Morgan fingerprint density at radius 1 is 0.636 bits per heavy atom. The molecule has 0 spiro atoms. The average Bonchev–Trinajstić information content (AvgIpc) is 2.62. The maximum atomic E-state index is 5.00. The molecule has 0 radical (unpaired) electrons. The Morgan fingerprint density at radius 2 is 1.05 bits per heavy atom. The van der Waals surface area contributed by atoms with Crippen molar-refractivity contribution in [1.29, 1.82) is 0 Å². The summed E-state index contributed by atoms with van der Waals surface area (Å²) in [7, 11) is 0. The van der Waals surface area contributed by atoms with Gasteiger partial charge in [-0.2, -0.15) is 0 Å². The molecule has 0 saturated carbocycles. The van der Waals surface area contributed by atoms with E-state index in [0.29, 0.717) is 0 Å². The number of hydrogen-bond donors (Lipinski definition) is 0. The zero-order valence-electron chi connectivity index (χ0n) is 12.7. The fourth-order valence-corrected chi connectivity index (χ4v) is 2.51. The molecular weight excluding hydrogens is 266 g/mol. The number of benzene rings is 3. The third-order valence-electron chi connectivity index (χ3n) is 3.70. The first-order chi connectivity index (χ1) is 10.8. The highest BCUT2D eigenvalue weighted by molar-refractivity contribution is 6.12. The van der Waals surface area contributed by atoms with E-state index in [2.05, 4.69) is 79.7 Å². The van der Waals surface area contributed by atoms with E-state index in [0.717, 1.165) is 16.8 Å². The summed E-state index contributed by atoms with van der Waals surface area (Å²) in [6.45, 7) is 2.14. The van der Waals surface area contributed by atoms with Crippen molar-refractivity contribution in [1.82, 2.24) is 0 Å². The standard InChI is InChI=1S/C21H19N/c1-17(18-11-5-2-6-12-18)22-21(19-13-7-3-8-14-19)20-15-9-4-10-16-20/h2-17H,1H3. The maximum absolute atomic E-state index is 5.00. The summed E-state index contributed by atoms with van der Waals surface area (Å²) in [6, 6.07) is 31.3. The summed E-state index contributed by atoms with van der Waals surface area (Å²) < 4.78 is 0. The second-order valence-corrected chi connectivity index (χ2v) is 5.30. The fourth-order valence-electron chi connectivity index (χ4n) is 2.51. The molecule has 0 aliphatic heterocycles. The van der Waals surface area contributed by atoms with Gasteiger partial charge in [-0.25, -0.2) is 0 Å². The van der Waals surface area contributed by atoms with Gasteiger partial charge in [0.05, 0.1) is 11.8 Å². The number of hydrogen-bond acceptors (Lipinski definition) is 1. The van der Waals surface area contributed by atoms with Crippen molar-refractivity contribution >= 4 is 5.71 Å². The molecular formula is C21H19N. The summed E-state index contributed by atoms with van der Waals surface area (Å²) in [5.41, 5.74) is 4.57. The van der Waals surface area contributed by atoms with Gasteiger partial charge in [0, 0.05) is 11.1 Å². The first kappa shape index (κ1) is 14.3. The molecule has 0 N–H and O–H groups in total. The molecule has 3 rings (SSSR count). The van der Waals surface area contributed by atoms with E-state index in [1.165, 1.54) is 5.56 Å². The molecule has 0 fully saturated rings. The maximum Gasteiger partial charge on any atom is 0.0728 e. The van der Waals surface area contributed by atoms with Crippen molar-refractivity contribution in [2.75, 3.05) is 0 Å². The first-order valence-corrected chi connectivity index (χ1v) is 7.58. The van der Waals surface area contributed by atoms with Crippen LogP contribution in [0.1, 0.15) is 29.7 Å². The summed E-state index contributed by atoms with van der Waals surface area (Å²) in [6.07, 6.45) is 0. The van der Waals surface area contributed by atoms with Crippen molar-refractivity contribution in [2.24, 2.45) is 4.99 Å². The van der Waals surface area contributed by atoms with Gasteiger partial charge >= 0.3 is 0 Å². The van der Waals surface area contributed by atoms with Gasteiger partial charge in [0.2, 0.25) is 0 Å². The van der Waals surface area contributed by atoms with Gasteiger partial charge in [0.15, 0.2) is 0 Å². The van der Waals surface area contributed by atoms with Gasteiger partial charge in [-0.3, -0.25) is 4.99 Å². The van der Waals surface area contributed by atoms with Crippen LogP contribution in [0.3, 0.4) is 0 Å². The SMILES string of the molecule is CC(N=C(c1ccccc1)c1ccccc1)c1ccccc1. The lowest BCUT2D eigenvalue weighted by molar-refractivity contribution is 0.821. The minimum atomic E-state index is 0.122. The Bertz CT molecular complexity index is 689.